The summed E-state index contributed by atoms with van der Waals surface area (Å²) in [6, 6.07) is 0. The lowest BCUT2D eigenvalue weighted by Gasteiger charge is -2.22. The first-order valence-electron chi connectivity index (χ1n) is 4.22. The summed E-state index contributed by atoms with van der Waals surface area (Å²) in [5.74, 6) is 1.92. The van der Waals surface area contributed by atoms with Crippen molar-refractivity contribution in [1.82, 2.24) is 5.32 Å². The molecule has 1 saturated heterocycles. The summed E-state index contributed by atoms with van der Waals surface area (Å²) in [4.78, 5) is 0. The molecule has 0 spiro atoms. The van der Waals surface area contributed by atoms with E-state index >= 15 is 0 Å². The van der Waals surface area contributed by atoms with Crippen molar-refractivity contribution in [2.24, 2.45) is 11.8 Å². The average Bonchev–Trinajstić information content (AvgIpc) is 2.33. The van der Waals surface area contributed by atoms with Gasteiger partial charge in [-0.15, -0.1) is 0 Å². The topological polar surface area (TPSA) is 12.0 Å². The third-order valence-corrected chi connectivity index (χ3v) is 2.83. The highest BCUT2D eigenvalue weighted by molar-refractivity contribution is 5.07. The summed E-state index contributed by atoms with van der Waals surface area (Å²) in [6.45, 7) is 4.78. The van der Waals surface area contributed by atoms with Crippen LogP contribution in [0, 0.1) is 11.8 Å². The average molecular weight is 137 g/mol. The summed E-state index contributed by atoms with van der Waals surface area (Å²) in [5.41, 5.74) is 1.60. The lowest BCUT2D eigenvalue weighted by atomic mass is 9.83. The van der Waals surface area contributed by atoms with E-state index in [1.54, 1.807) is 5.57 Å². The maximum atomic E-state index is 3.45. The van der Waals surface area contributed by atoms with Crippen LogP contribution in [0.4, 0.5) is 0 Å². The standard InChI is InChI=1S/C9H15N/c1-7-2-3-8-5-10-6-9(8)4-7/h2,8-10H,3-6H2,1H3/t8-,9+/m0/s1. The first-order chi connectivity index (χ1) is 4.86. The van der Waals surface area contributed by atoms with Gasteiger partial charge in [-0.05, 0) is 44.7 Å². The van der Waals surface area contributed by atoms with Crippen LogP contribution in [-0.2, 0) is 0 Å². The van der Waals surface area contributed by atoms with Crippen molar-refractivity contribution in [1.29, 1.82) is 0 Å². The predicted octanol–water partition coefficient (Wildman–Crippen LogP) is 1.56. The molecule has 1 heterocycles. The molecule has 1 aliphatic carbocycles. The van der Waals surface area contributed by atoms with Gasteiger partial charge in [0.25, 0.3) is 0 Å². The number of hydrogen-bond acceptors (Lipinski definition) is 1. The van der Waals surface area contributed by atoms with E-state index in [0.717, 1.165) is 11.8 Å². The Morgan fingerprint density at radius 2 is 2.20 bits per heavy atom. The van der Waals surface area contributed by atoms with Crippen LogP contribution in [0.1, 0.15) is 19.8 Å². The van der Waals surface area contributed by atoms with Gasteiger partial charge in [0.15, 0.2) is 0 Å². The van der Waals surface area contributed by atoms with Gasteiger partial charge in [-0.2, -0.15) is 0 Å². The minimum Gasteiger partial charge on any atom is -0.316 e. The molecule has 0 bridgehead atoms. The second kappa shape index (κ2) is 2.39. The molecule has 2 atom stereocenters. The number of hydrogen-bond donors (Lipinski definition) is 1. The van der Waals surface area contributed by atoms with Crippen molar-refractivity contribution in [3.8, 4) is 0 Å². The van der Waals surface area contributed by atoms with Crippen LogP contribution < -0.4 is 5.32 Å². The number of allylic oxidation sites excluding steroid dienone is 2. The molecule has 10 heavy (non-hydrogen) atoms. The number of rotatable bonds is 0. The molecule has 0 aromatic heterocycles. The molecule has 2 rings (SSSR count). The van der Waals surface area contributed by atoms with Gasteiger partial charge in [0.2, 0.25) is 0 Å². The molecule has 1 aliphatic heterocycles. The van der Waals surface area contributed by atoms with Crippen molar-refractivity contribution in [2.45, 2.75) is 19.8 Å². The van der Waals surface area contributed by atoms with Crippen LogP contribution in [0.15, 0.2) is 11.6 Å². The highest BCUT2D eigenvalue weighted by Gasteiger charge is 2.28. The van der Waals surface area contributed by atoms with Crippen molar-refractivity contribution in [2.75, 3.05) is 13.1 Å². The molecule has 1 nitrogen and oxygen atoms in total. The van der Waals surface area contributed by atoms with Gasteiger partial charge in [-0.1, -0.05) is 11.6 Å². The zero-order valence-electron chi connectivity index (χ0n) is 6.56. The third kappa shape index (κ3) is 0.988. The Hall–Kier alpha value is -0.300. The van der Waals surface area contributed by atoms with Crippen molar-refractivity contribution < 1.29 is 0 Å². The van der Waals surface area contributed by atoms with Crippen LogP contribution in [0.3, 0.4) is 0 Å². The van der Waals surface area contributed by atoms with Crippen LogP contribution in [-0.4, -0.2) is 13.1 Å². The summed E-state index contributed by atoms with van der Waals surface area (Å²) in [7, 11) is 0. The zero-order valence-corrected chi connectivity index (χ0v) is 6.56. The maximum Gasteiger partial charge on any atom is -0.00141 e. The quantitative estimate of drug-likeness (QED) is 0.500. The molecule has 1 N–H and O–H groups in total. The van der Waals surface area contributed by atoms with Crippen molar-refractivity contribution >= 4 is 0 Å². The van der Waals surface area contributed by atoms with Crippen LogP contribution in [0.5, 0.6) is 0 Å². The van der Waals surface area contributed by atoms with Gasteiger partial charge in [0.05, 0.1) is 0 Å². The summed E-state index contributed by atoms with van der Waals surface area (Å²) in [6.07, 6.45) is 5.08. The Balaban J connectivity index is 2.08. The molecular formula is C9H15N. The van der Waals surface area contributed by atoms with Gasteiger partial charge in [-0.3, -0.25) is 0 Å². The maximum absolute atomic E-state index is 3.45. The number of fused-ring (bicyclic) bond motifs is 1. The minimum atomic E-state index is 0.962. The number of nitrogens with one attached hydrogen (secondary N) is 1. The van der Waals surface area contributed by atoms with E-state index in [1.165, 1.54) is 25.9 Å². The van der Waals surface area contributed by atoms with E-state index in [9.17, 15) is 0 Å². The highest BCUT2D eigenvalue weighted by Crippen LogP contribution is 2.31. The smallest absolute Gasteiger partial charge is 0.00141 e. The van der Waals surface area contributed by atoms with Crippen LogP contribution in [0.25, 0.3) is 0 Å². The second-order valence-corrected chi connectivity index (χ2v) is 3.67. The van der Waals surface area contributed by atoms with Crippen molar-refractivity contribution in [3.63, 3.8) is 0 Å². The fraction of sp³-hybridized carbons (Fsp3) is 0.778. The van der Waals surface area contributed by atoms with Crippen LogP contribution >= 0.6 is 0 Å². The van der Waals surface area contributed by atoms with Gasteiger partial charge < -0.3 is 5.32 Å². The second-order valence-electron chi connectivity index (χ2n) is 3.67. The Kier molecular flexibility index (Phi) is 1.53. The van der Waals surface area contributed by atoms with E-state index in [2.05, 4.69) is 18.3 Å². The molecule has 0 aromatic carbocycles. The first-order valence-corrected chi connectivity index (χ1v) is 4.22. The molecule has 56 valence electrons. The van der Waals surface area contributed by atoms with Crippen LogP contribution in [0.2, 0.25) is 0 Å². The lowest BCUT2D eigenvalue weighted by Crippen LogP contribution is -2.15. The Labute approximate surface area is 62.5 Å². The zero-order chi connectivity index (χ0) is 6.97. The van der Waals surface area contributed by atoms with E-state index in [4.69, 9.17) is 0 Å². The minimum absolute atomic E-state index is 0.962. The monoisotopic (exact) mass is 137 g/mol. The van der Waals surface area contributed by atoms with E-state index in [1.807, 2.05) is 0 Å². The largest absolute Gasteiger partial charge is 0.316 e. The SMILES string of the molecule is CC1=CC[C@H]2CNC[C@H]2C1. The van der Waals surface area contributed by atoms with Gasteiger partial charge >= 0.3 is 0 Å². The molecule has 0 unspecified atom stereocenters. The molecule has 1 heteroatoms. The third-order valence-electron chi connectivity index (χ3n) is 2.83. The fourth-order valence-electron chi connectivity index (χ4n) is 2.15. The van der Waals surface area contributed by atoms with Gasteiger partial charge in [-0.25, -0.2) is 0 Å². The Bertz CT molecular complexity index is 160. The van der Waals surface area contributed by atoms with Gasteiger partial charge in [0, 0.05) is 0 Å². The molecule has 0 radical (unpaired) electrons. The Morgan fingerprint density at radius 3 is 3.10 bits per heavy atom. The van der Waals surface area contributed by atoms with Crippen molar-refractivity contribution in [3.05, 3.63) is 11.6 Å². The molecular weight excluding hydrogens is 122 g/mol. The molecule has 0 amide bonds. The summed E-state index contributed by atoms with van der Waals surface area (Å²) in [5, 5.41) is 3.45. The Morgan fingerprint density at radius 1 is 1.40 bits per heavy atom. The molecule has 1 fully saturated rings. The normalized spacial score (nSPS) is 39.1. The fourth-order valence-corrected chi connectivity index (χ4v) is 2.15. The van der Waals surface area contributed by atoms with E-state index in [-0.39, 0.29) is 0 Å². The molecule has 2 aliphatic rings. The highest BCUT2D eigenvalue weighted by atomic mass is 14.9. The molecule has 0 saturated carbocycles. The van der Waals surface area contributed by atoms with E-state index in [0.29, 0.717) is 0 Å². The summed E-state index contributed by atoms with van der Waals surface area (Å²) < 4.78 is 0. The van der Waals surface area contributed by atoms with E-state index < -0.39 is 0 Å². The van der Waals surface area contributed by atoms with Gasteiger partial charge in [0.1, 0.15) is 0 Å². The lowest BCUT2D eigenvalue weighted by molar-refractivity contribution is 0.400. The predicted molar refractivity (Wildman–Crippen MR) is 42.8 cm³/mol. The summed E-state index contributed by atoms with van der Waals surface area (Å²) >= 11 is 0. The first kappa shape index (κ1) is 6.41. The molecule has 0 aromatic rings.